The molecule has 1 rings (SSSR count). The number of carbonyl (C=O) groups is 2. The molecule has 0 radical (unpaired) electrons. The predicted molar refractivity (Wildman–Crippen MR) is 56.7 cm³/mol. The second-order valence-corrected chi connectivity index (χ2v) is 3.73. The van der Waals surface area contributed by atoms with Crippen molar-refractivity contribution in [2.45, 2.75) is 18.9 Å². The minimum absolute atomic E-state index is 0.322. The zero-order valence-corrected chi connectivity index (χ0v) is 9.65. The number of rotatable bonds is 4. The van der Waals surface area contributed by atoms with E-state index in [-0.39, 0.29) is 5.91 Å². The van der Waals surface area contributed by atoms with Gasteiger partial charge in [-0.2, -0.15) is 0 Å². The average Bonchev–Trinajstić information content (AvgIpc) is 2.73. The van der Waals surface area contributed by atoms with E-state index < -0.39 is 12.0 Å². The van der Waals surface area contributed by atoms with E-state index in [1.165, 1.54) is 22.0 Å². The van der Waals surface area contributed by atoms with E-state index in [9.17, 15) is 9.59 Å². The number of nitrogens with zero attached hydrogens (tertiary/aromatic N) is 1. The Kier molecular flexibility index (Phi) is 4.62. The van der Waals surface area contributed by atoms with E-state index in [2.05, 4.69) is 21.6 Å². The van der Waals surface area contributed by atoms with E-state index in [1.54, 1.807) is 0 Å². The Hall–Kier alpha value is -1.22. The van der Waals surface area contributed by atoms with Crippen LogP contribution in [0.5, 0.6) is 0 Å². The molecule has 1 aliphatic heterocycles. The zero-order valence-electron chi connectivity index (χ0n) is 8.66. The summed E-state index contributed by atoms with van der Waals surface area (Å²) in [6.07, 6.45) is 4.19. The van der Waals surface area contributed by atoms with Gasteiger partial charge < -0.3 is 0 Å². The molecule has 90 valence electrons. The summed E-state index contributed by atoms with van der Waals surface area (Å²) in [5, 5.41) is 8.95. The second kappa shape index (κ2) is 5.76. The van der Waals surface area contributed by atoms with Gasteiger partial charge in [-0.25, -0.2) is 0 Å². The van der Waals surface area contributed by atoms with Crippen LogP contribution in [0.15, 0.2) is 24.3 Å². The molecular formula is C11H13NNiO3. The first-order valence-corrected chi connectivity index (χ1v) is 5.45. The third-order valence-corrected chi connectivity index (χ3v) is 2.75. The molecule has 0 saturated carbocycles. The van der Waals surface area contributed by atoms with Crippen LogP contribution in [0, 0.1) is 0 Å². The van der Waals surface area contributed by atoms with Crippen molar-refractivity contribution in [1.82, 2.24) is 4.90 Å². The number of aliphatic carboxylic acids is 1. The Morgan fingerprint density at radius 1 is 1.50 bits per heavy atom. The molecule has 0 unspecified atom stereocenters. The number of carboxylic acid groups (broad SMARTS) is 1. The van der Waals surface area contributed by atoms with Crippen molar-refractivity contribution in [3.8, 4) is 0 Å². The van der Waals surface area contributed by atoms with Crippen molar-refractivity contribution < 1.29 is 29.7 Å². The molecule has 1 amide bonds. The van der Waals surface area contributed by atoms with Crippen LogP contribution < -0.4 is 0 Å². The zero-order chi connectivity index (χ0) is 12.1. The monoisotopic (exact) mass is 265 g/mol. The van der Waals surface area contributed by atoms with E-state index in [1.807, 2.05) is 0 Å². The molecule has 1 saturated heterocycles. The summed E-state index contributed by atoms with van der Waals surface area (Å²) in [5.74, 6) is -1.28. The number of amides is 1. The summed E-state index contributed by atoms with van der Waals surface area (Å²) in [5.41, 5.74) is 0.322. The second-order valence-electron chi connectivity index (χ2n) is 3.44. The van der Waals surface area contributed by atoms with Crippen LogP contribution in [0.3, 0.4) is 0 Å². The van der Waals surface area contributed by atoms with Gasteiger partial charge in [-0.1, -0.05) is 0 Å². The Bertz CT molecular complexity index is 362. The summed E-state index contributed by atoms with van der Waals surface area (Å²) in [6, 6.07) is -0.722. The third kappa shape index (κ3) is 2.67. The fourth-order valence-electron chi connectivity index (χ4n) is 1.70. The number of hydrogen-bond donors (Lipinski definition) is 1. The van der Waals surface area contributed by atoms with Gasteiger partial charge >= 0.3 is 101 Å². The minimum atomic E-state index is -0.961. The molecule has 0 aromatic heterocycles. The van der Waals surface area contributed by atoms with Crippen LogP contribution in [0.25, 0.3) is 0 Å². The fourth-order valence-corrected chi connectivity index (χ4v) is 1.92. The van der Waals surface area contributed by atoms with Crippen LogP contribution in [0.1, 0.15) is 12.8 Å². The Labute approximate surface area is 102 Å². The molecule has 1 fully saturated rings. The molecule has 0 aromatic rings. The van der Waals surface area contributed by atoms with Crippen LogP contribution in [-0.2, 0) is 24.6 Å². The summed E-state index contributed by atoms with van der Waals surface area (Å²) in [6.45, 7) is 3.96. The molecule has 1 aliphatic rings. The topological polar surface area (TPSA) is 57.6 Å². The first-order chi connectivity index (χ1) is 7.61. The van der Waals surface area contributed by atoms with Gasteiger partial charge in [0.1, 0.15) is 0 Å². The van der Waals surface area contributed by atoms with Crippen LogP contribution >= 0.6 is 0 Å². The molecule has 0 spiro atoms. The van der Waals surface area contributed by atoms with E-state index >= 15 is 0 Å². The van der Waals surface area contributed by atoms with Crippen LogP contribution in [0.4, 0.5) is 0 Å². The number of carboxylic acids is 1. The van der Waals surface area contributed by atoms with Crippen molar-refractivity contribution >= 4 is 16.9 Å². The molecule has 16 heavy (non-hydrogen) atoms. The molecule has 1 N–H and O–H groups in total. The van der Waals surface area contributed by atoms with Gasteiger partial charge in [0.25, 0.3) is 0 Å². The molecule has 0 aromatic carbocycles. The average molecular weight is 266 g/mol. The normalized spacial score (nSPS) is 20.8. The summed E-state index contributed by atoms with van der Waals surface area (Å²) in [7, 11) is 0. The van der Waals surface area contributed by atoms with Gasteiger partial charge in [-0.15, -0.1) is 0 Å². The van der Waals surface area contributed by atoms with E-state index in [0.29, 0.717) is 25.0 Å². The maximum absolute atomic E-state index is 11.9. The van der Waals surface area contributed by atoms with Crippen LogP contribution in [-0.4, -0.2) is 39.5 Å². The molecule has 0 aliphatic carbocycles. The van der Waals surface area contributed by atoms with E-state index in [0.717, 1.165) is 0 Å². The quantitative estimate of drug-likeness (QED) is 0.458. The van der Waals surface area contributed by atoms with Gasteiger partial charge in [-0.3, -0.25) is 0 Å². The Morgan fingerprint density at radius 3 is 2.69 bits per heavy atom. The third-order valence-electron chi connectivity index (χ3n) is 2.44. The molecule has 0 bridgehead atoms. The van der Waals surface area contributed by atoms with Gasteiger partial charge in [0, 0.05) is 0 Å². The molecule has 1 atom stereocenters. The van der Waals surface area contributed by atoms with Crippen LogP contribution in [0.2, 0.25) is 0 Å². The van der Waals surface area contributed by atoms with Gasteiger partial charge in [0.15, 0.2) is 0 Å². The van der Waals surface area contributed by atoms with Crippen molar-refractivity contribution in [2.75, 3.05) is 6.54 Å². The first kappa shape index (κ1) is 12.9. The summed E-state index contributed by atoms with van der Waals surface area (Å²) >= 11 is 4.42. The number of likely N-dealkylation sites (tertiary alicyclic amines) is 1. The molecule has 4 nitrogen and oxygen atoms in total. The molecular weight excluding hydrogens is 253 g/mol. The van der Waals surface area contributed by atoms with Gasteiger partial charge in [0.2, 0.25) is 0 Å². The first-order valence-electron chi connectivity index (χ1n) is 4.88. The molecule has 1 heterocycles. The number of carbonyl (C=O) groups excluding carboxylic acids is 1. The van der Waals surface area contributed by atoms with Crippen molar-refractivity contribution in [3.05, 3.63) is 24.3 Å². The summed E-state index contributed by atoms with van der Waals surface area (Å²) < 4.78 is 0. The van der Waals surface area contributed by atoms with Gasteiger partial charge in [-0.05, 0) is 0 Å². The fraction of sp³-hybridized carbons (Fsp3) is 0.364. The van der Waals surface area contributed by atoms with E-state index in [4.69, 9.17) is 5.11 Å². The van der Waals surface area contributed by atoms with Crippen molar-refractivity contribution in [2.24, 2.45) is 0 Å². The SMILES string of the molecule is C=C/C=C(\[CH]=[Ni])C(=O)N1CCC[C@H]1C(=O)O. The standard InChI is InChI=1S/C11H13NO3.Ni/c1-3-5-8(2)10(13)12-7-4-6-9(12)11(14)15;/h2-3,5,9H,1,4,6-7H2,(H,14,15);/b8-5+;/t9-;/m0./s1. The van der Waals surface area contributed by atoms with Crippen molar-refractivity contribution in [3.63, 3.8) is 0 Å². The van der Waals surface area contributed by atoms with Gasteiger partial charge in [0.05, 0.1) is 0 Å². The Morgan fingerprint density at radius 2 is 2.19 bits per heavy atom. The number of allylic oxidation sites excluding steroid dienone is 2. The van der Waals surface area contributed by atoms with Crippen molar-refractivity contribution in [1.29, 1.82) is 0 Å². The number of hydrogen-bond acceptors (Lipinski definition) is 2. The predicted octanol–water partition coefficient (Wildman–Crippen LogP) is 0.523. The maximum atomic E-state index is 11.9. The molecule has 5 heteroatoms. The Balaban J connectivity index is 2.88. The summed E-state index contributed by atoms with van der Waals surface area (Å²) in [4.78, 5) is 25.5.